The molecular weight excluding hydrogens is 1100 g/mol. The van der Waals surface area contributed by atoms with Crippen LogP contribution in [0, 0.1) is 5.92 Å². The van der Waals surface area contributed by atoms with Crippen molar-refractivity contribution in [2.45, 2.75) is 342 Å². The lowest BCUT2D eigenvalue weighted by Gasteiger charge is -2.21. The number of phosphoric ester groups is 2. The van der Waals surface area contributed by atoms with E-state index in [0.29, 0.717) is 25.7 Å². The highest BCUT2D eigenvalue weighted by molar-refractivity contribution is 7.47. The summed E-state index contributed by atoms with van der Waals surface area (Å²) in [6, 6.07) is 0. The van der Waals surface area contributed by atoms with Crippen LogP contribution in [0.25, 0.3) is 0 Å². The van der Waals surface area contributed by atoms with Gasteiger partial charge in [0.25, 0.3) is 0 Å². The van der Waals surface area contributed by atoms with Crippen LogP contribution in [0.4, 0.5) is 0 Å². The van der Waals surface area contributed by atoms with Gasteiger partial charge in [-0.25, -0.2) is 9.13 Å². The third-order valence-corrected chi connectivity index (χ3v) is 17.0. The molecule has 0 saturated carbocycles. The molecule has 3 unspecified atom stereocenters. The minimum absolute atomic E-state index is 0.105. The van der Waals surface area contributed by atoms with Crippen molar-refractivity contribution in [1.82, 2.24) is 0 Å². The minimum Gasteiger partial charge on any atom is -0.462 e. The number of hydrogen-bond acceptors (Lipinski definition) is 15. The van der Waals surface area contributed by atoms with E-state index in [1.54, 1.807) is 0 Å². The Kier molecular flexibility index (Phi) is 56.4. The van der Waals surface area contributed by atoms with E-state index in [2.05, 4.69) is 34.6 Å². The topological polar surface area (TPSA) is 237 Å². The minimum atomic E-state index is -4.94. The first-order valence-corrected chi connectivity index (χ1v) is 36.7. The lowest BCUT2D eigenvalue weighted by Crippen LogP contribution is -2.30. The van der Waals surface area contributed by atoms with E-state index in [9.17, 15) is 43.2 Å². The van der Waals surface area contributed by atoms with Gasteiger partial charge in [0.2, 0.25) is 0 Å². The molecule has 0 aliphatic heterocycles. The van der Waals surface area contributed by atoms with Crippen LogP contribution in [0.5, 0.6) is 0 Å². The Morgan fingerprint density at radius 3 is 0.855 bits per heavy atom. The molecular formula is C64H124O17P2. The van der Waals surface area contributed by atoms with Crippen LogP contribution in [0.1, 0.15) is 324 Å². The Hall–Kier alpha value is -1.94. The maximum Gasteiger partial charge on any atom is 0.472 e. The van der Waals surface area contributed by atoms with Gasteiger partial charge in [0.15, 0.2) is 12.2 Å². The Morgan fingerprint density at radius 2 is 0.578 bits per heavy atom. The highest BCUT2D eigenvalue weighted by atomic mass is 31.2. The largest absolute Gasteiger partial charge is 0.472 e. The molecule has 0 bridgehead atoms. The molecule has 3 N–H and O–H groups in total. The SMILES string of the molecule is CCCCCCCCCCCCCC(=O)OC[C@H](COP(=O)(O)OC[C@@H](O)COP(=O)(O)OC[C@@H](COC(=O)CCCCCCC)OC(=O)CCCCCCCCCCC)OC(=O)CCCCCCCCCCCCCCCCC(C)CC. The molecule has 6 atom stereocenters. The van der Waals surface area contributed by atoms with Crippen LogP contribution in [-0.4, -0.2) is 96.7 Å². The second-order valence-corrected chi connectivity index (χ2v) is 26.3. The van der Waals surface area contributed by atoms with Crippen molar-refractivity contribution in [3.05, 3.63) is 0 Å². The fraction of sp³-hybridized carbons (Fsp3) is 0.938. The van der Waals surface area contributed by atoms with Crippen molar-refractivity contribution in [2.24, 2.45) is 5.92 Å². The van der Waals surface area contributed by atoms with E-state index in [-0.39, 0.29) is 25.7 Å². The summed E-state index contributed by atoms with van der Waals surface area (Å²) in [5.74, 6) is -1.30. The number of unbranched alkanes of at least 4 members (excludes halogenated alkanes) is 35. The first kappa shape index (κ1) is 81.1. The number of ether oxygens (including phenoxy) is 4. The van der Waals surface area contributed by atoms with E-state index >= 15 is 0 Å². The van der Waals surface area contributed by atoms with E-state index in [0.717, 1.165) is 102 Å². The molecule has 0 aliphatic rings. The zero-order chi connectivity index (χ0) is 61.3. The molecule has 0 rings (SSSR count). The molecule has 0 saturated heterocycles. The van der Waals surface area contributed by atoms with E-state index in [1.165, 1.54) is 141 Å². The predicted molar refractivity (Wildman–Crippen MR) is 331 cm³/mol. The Labute approximate surface area is 505 Å². The number of rotatable bonds is 64. The Balaban J connectivity index is 5.13. The molecule has 17 nitrogen and oxygen atoms in total. The zero-order valence-corrected chi connectivity index (χ0v) is 55.1. The van der Waals surface area contributed by atoms with Crippen LogP contribution in [0.15, 0.2) is 0 Å². The molecule has 0 aromatic rings. The number of esters is 4. The lowest BCUT2D eigenvalue weighted by atomic mass is 9.99. The van der Waals surface area contributed by atoms with Gasteiger partial charge in [0.1, 0.15) is 19.3 Å². The monoisotopic (exact) mass is 1230 g/mol. The van der Waals surface area contributed by atoms with Crippen LogP contribution >= 0.6 is 15.6 Å². The molecule has 19 heteroatoms. The van der Waals surface area contributed by atoms with Gasteiger partial charge in [0.05, 0.1) is 26.4 Å². The van der Waals surface area contributed by atoms with E-state index < -0.39 is 97.5 Å². The number of aliphatic hydroxyl groups excluding tert-OH is 1. The fourth-order valence-corrected chi connectivity index (χ4v) is 11.1. The molecule has 0 heterocycles. The van der Waals surface area contributed by atoms with Gasteiger partial charge in [-0.05, 0) is 31.6 Å². The predicted octanol–water partition coefficient (Wildman–Crippen LogP) is 17.8. The van der Waals surface area contributed by atoms with Gasteiger partial charge < -0.3 is 33.8 Å². The number of aliphatic hydroxyl groups is 1. The summed E-state index contributed by atoms with van der Waals surface area (Å²) >= 11 is 0. The van der Waals surface area contributed by atoms with Crippen molar-refractivity contribution in [3.63, 3.8) is 0 Å². The fourth-order valence-electron chi connectivity index (χ4n) is 9.55. The third-order valence-electron chi connectivity index (χ3n) is 15.1. The summed E-state index contributed by atoms with van der Waals surface area (Å²) in [6.45, 7) is 7.14. The van der Waals surface area contributed by atoms with Crippen LogP contribution in [0.2, 0.25) is 0 Å². The van der Waals surface area contributed by atoms with Crippen molar-refractivity contribution < 1.29 is 80.2 Å². The highest BCUT2D eigenvalue weighted by Gasteiger charge is 2.30. The Bertz CT molecular complexity index is 1620. The smallest absolute Gasteiger partial charge is 0.462 e. The van der Waals surface area contributed by atoms with Gasteiger partial charge >= 0.3 is 39.5 Å². The molecule has 0 spiro atoms. The van der Waals surface area contributed by atoms with Gasteiger partial charge in [-0.3, -0.25) is 37.3 Å². The highest BCUT2D eigenvalue weighted by Crippen LogP contribution is 2.45. The number of carbonyl (C=O) groups excluding carboxylic acids is 4. The van der Waals surface area contributed by atoms with Crippen molar-refractivity contribution >= 4 is 39.5 Å². The first-order chi connectivity index (χ1) is 40.1. The van der Waals surface area contributed by atoms with Crippen LogP contribution in [0.3, 0.4) is 0 Å². The average Bonchev–Trinajstić information content (AvgIpc) is 3.49. The van der Waals surface area contributed by atoms with Crippen LogP contribution in [-0.2, 0) is 65.4 Å². The maximum absolute atomic E-state index is 13.0. The molecule has 83 heavy (non-hydrogen) atoms. The summed E-state index contributed by atoms with van der Waals surface area (Å²) in [5, 5.41) is 10.5. The molecule has 0 radical (unpaired) electrons. The van der Waals surface area contributed by atoms with Crippen LogP contribution < -0.4 is 0 Å². The van der Waals surface area contributed by atoms with Gasteiger partial charge in [0, 0.05) is 25.7 Å². The van der Waals surface area contributed by atoms with Gasteiger partial charge in [-0.1, -0.05) is 272 Å². The van der Waals surface area contributed by atoms with Gasteiger partial charge in [-0.15, -0.1) is 0 Å². The lowest BCUT2D eigenvalue weighted by molar-refractivity contribution is -0.161. The van der Waals surface area contributed by atoms with Crippen molar-refractivity contribution in [3.8, 4) is 0 Å². The summed E-state index contributed by atoms with van der Waals surface area (Å²) in [6.07, 6.45) is 42.0. The molecule has 0 aromatic heterocycles. The van der Waals surface area contributed by atoms with Crippen molar-refractivity contribution in [2.75, 3.05) is 39.6 Å². The third kappa shape index (κ3) is 57.6. The molecule has 0 aromatic carbocycles. The quantitative estimate of drug-likeness (QED) is 0.0222. The summed E-state index contributed by atoms with van der Waals surface area (Å²) in [7, 11) is -9.87. The Morgan fingerprint density at radius 1 is 0.337 bits per heavy atom. The number of carbonyl (C=O) groups is 4. The molecule has 0 aliphatic carbocycles. The first-order valence-electron chi connectivity index (χ1n) is 33.7. The van der Waals surface area contributed by atoms with Gasteiger partial charge in [-0.2, -0.15) is 0 Å². The normalized spacial score (nSPS) is 14.6. The van der Waals surface area contributed by atoms with E-state index in [1.807, 2.05) is 0 Å². The second kappa shape index (κ2) is 57.8. The van der Waals surface area contributed by atoms with Crippen molar-refractivity contribution in [1.29, 1.82) is 0 Å². The molecule has 0 fully saturated rings. The molecule has 0 amide bonds. The zero-order valence-electron chi connectivity index (χ0n) is 53.3. The standard InChI is InChI=1S/C64H124O17P2/c1-6-10-13-16-18-20-25-30-33-38-43-48-62(67)75-54-60(81-64(69)50-45-40-35-31-27-24-22-21-23-26-29-32-37-41-46-57(5)9-4)56-79-83(72,73)77-52-58(65)51-76-82(70,71)78-55-59(53-74-61(66)47-42-36-15-12-8-3)80-63(68)49-44-39-34-28-19-17-14-11-7-2/h57-60,65H,6-56H2,1-5H3,(H,70,71)(H,72,73)/t57?,58-,59+,60+/m0/s1. The molecule has 492 valence electrons. The summed E-state index contributed by atoms with van der Waals surface area (Å²) in [4.78, 5) is 71.9. The maximum atomic E-state index is 13.0. The average molecular weight is 1230 g/mol. The second-order valence-electron chi connectivity index (χ2n) is 23.4. The van der Waals surface area contributed by atoms with E-state index in [4.69, 9.17) is 37.0 Å². The summed E-state index contributed by atoms with van der Waals surface area (Å²) < 4.78 is 67.8. The number of hydrogen-bond donors (Lipinski definition) is 3. The number of phosphoric acid groups is 2. The summed E-state index contributed by atoms with van der Waals surface area (Å²) in [5.41, 5.74) is 0.